The second-order valence-electron chi connectivity index (χ2n) is 4.57. The van der Waals surface area contributed by atoms with E-state index in [-0.39, 0.29) is 0 Å². The molecule has 1 aromatic carbocycles. The van der Waals surface area contributed by atoms with Crippen molar-refractivity contribution in [2.75, 3.05) is 25.1 Å². The van der Waals surface area contributed by atoms with Crippen molar-refractivity contribution in [1.82, 2.24) is 9.97 Å². The second kappa shape index (κ2) is 5.75. The lowest BCUT2D eigenvalue weighted by molar-refractivity contribution is 0.0455. The van der Waals surface area contributed by atoms with Gasteiger partial charge in [0.25, 0.3) is 0 Å². The number of nitrogens with one attached hydrogen (secondary N) is 1. The van der Waals surface area contributed by atoms with Gasteiger partial charge in [-0.15, -0.1) is 0 Å². The summed E-state index contributed by atoms with van der Waals surface area (Å²) in [6.45, 7) is 4.67. The van der Waals surface area contributed by atoms with E-state index in [2.05, 4.69) is 28.3 Å². The van der Waals surface area contributed by atoms with Crippen LogP contribution in [-0.2, 0) is 4.74 Å². The monoisotopic (exact) mass is 275 g/mol. The Bertz CT molecular complexity index is 572. The van der Waals surface area contributed by atoms with E-state index in [0.29, 0.717) is 5.25 Å². The largest absolute Gasteiger partial charge is 0.379 e. The highest BCUT2D eigenvalue weighted by molar-refractivity contribution is 8.00. The van der Waals surface area contributed by atoms with Crippen LogP contribution in [-0.4, -0.2) is 35.0 Å². The molecule has 100 valence electrons. The van der Waals surface area contributed by atoms with E-state index in [9.17, 15) is 0 Å². The minimum absolute atomic E-state index is 0.525. The minimum atomic E-state index is 0.525. The molecule has 1 fully saturated rings. The Morgan fingerprint density at radius 3 is 2.89 bits per heavy atom. The Labute approximate surface area is 117 Å². The fraction of sp³-hybridized carbons (Fsp3) is 0.429. The summed E-state index contributed by atoms with van der Waals surface area (Å²) < 4.78 is 5.23. The van der Waals surface area contributed by atoms with E-state index >= 15 is 0 Å². The average molecular weight is 275 g/mol. The molecule has 1 aliphatic rings. The predicted octanol–water partition coefficient (Wildman–Crippen LogP) is 2.94. The Morgan fingerprint density at radius 2 is 2.16 bits per heavy atom. The maximum absolute atomic E-state index is 5.23. The Morgan fingerprint density at radius 1 is 1.32 bits per heavy atom. The van der Waals surface area contributed by atoms with Crippen molar-refractivity contribution < 1.29 is 4.74 Å². The smallest absolute Gasteiger partial charge is 0.224 e. The normalized spacial score (nSPS) is 15.4. The summed E-state index contributed by atoms with van der Waals surface area (Å²) >= 11 is 1.79. The number of fused-ring (bicyclic) bond motifs is 1. The molecule has 1 saturated heterocycles. The van der Waals surface area contributed by atoms with Crippen LogP contribution in [0.2, 0.25) is 0 Å². The number of nitrogens with zero attached hydrogens (tertiary/aromatic N) is 2. The Hall–Kier alpha value is -1.33. The first-order chi connectivity index (χ1) is 9.36. The molecule has 0 radical (unpaired) electrons. The number of aromatic nitrogens is 2. The van der Waals surface area contributed by atoms with Crippen molar-refractivity contribution >= 4 is 28.6 Å². The lowest BCUT2D eigenvalue weighted by Gasteiger charge is -2.25. The number of anilines is 1. The molecule has 1 aliphatic heterocycles. The van der Waals surface area contributed by atoms with Crippen LogP contribution < -0.4 is 5.32 Å². The van der Waals surface area contributed by atoms with Crippen molar-refractivity contribution in [3.63, 3.8) is 0 Å². The third kappa shape index (κ3) is 2.82. The van der Waals surface area contributed by atoms with Gasteiger partial charge in [-0.2, -0.15) is 0 Å². The van der Waals surface area contributed by atoms with Crippen LogP contribution in [0.25, 0.3) is 10.9 Å². The molecule has 4 nitrogen and oxygen atoms in total. The number of benzene rings is 1. The number of rotatable bonds is 5. The summed E-state index contributed by atoms with van der Waals surface area (Å²) in [5.74, 6) is 0.725. The number of hydrogen-bond acceptors (Lipinski definition) is 5. The van der Waals surface area contributed by atoms with Gasteiger partial charge in [-0.05, 0) is 12.5 Å². The lowest BCUT2D eigenvalue weighted by atomic mass is 10.2. The Kier molecular flexibility index (Phi) is 3.84. The highest BCUT2D eigenvalue weighted by atomic mass is 32.2. The molecule has 0 spiro atoms. The van der Waals surface area contributed by atoms with Crippen LogP contribution in [0.4, 0.5) is 5.95 Å². The van der Waals surface area contributed by atoms with Gasteiger partial charge in [0.1, 0.15) is 5.03 Å². The van der Waals surface area contributed by atoms with Crippen LogP contribution >= 0.6 is 11.8 Å². The van der Waals surface area contributed by atoms with E-state index < -0.39 is 0 Å². The molecular weight excluding hydrogens is 258 g/mol. The van der Waals surface area contributed by atoms with Crippen LogP contribution in [0.15, 0.2) is 29.3 Å². The van der Waals surface area contributed by atoms with Gasteiger partial charge in [0.2, 0.25) is 5.95 Å². The number of thioether (sulfide) groups is 1. The quantitative estimate of drug-likeness (QED) is 0.850. The maximum atomic E-state index is 5.23. The van der Waals surface area contributed by atoms with Crippen molar-refractivity contribution in [3.05, 3.63) is 24.3 Å². The molecule has 1 N–H and O–H groups in total. The maximum Gasteiger partial charge on any atom is 0.224 e. The highest BCUT2D eigenvalue weighted by Crippen LogP contribution is 2.32. The molecular formula is C14H17N3OS. The third-order valence-electron chi connectivity index (χ3n) is 2.99. The Balaban J connectivity index is 1.95. The topological polar surface area (TPSA) is 47.0 Å². The second-order valence-corrected chi connectivity index (χ2v) is 5.86. The fourth-order valence-electron chi connectivity index (χ4n) is 1.89. The lowest BCUT2D eigenvalue weighted by Crippen LogP contribution is -2.30. The molecule has 3 rings (SSSR count). The summed E-state index contributed by atoms with van der Waals surface area (Å²) in [7, 11) is 0. The van der Waals surface area contributed by atoms with Gasteiger partial charge in [-0.1, -0.05) is 36.9 Å². The van der Waals surface area contributed by atoms with Gasteiger partial charge in [-0.25, -0.2) is 9.97 Å². The van der Waals surface area contributed by atoms with Crippen LogP contribution in [0.1, 0.15) is 13.3 Å². The standard InChI is InChI=1S/C14H17N3OS/c1-2-7-15-14-16-12-6-4-3-5-11(12)13(17-14)19-10-8-18-9-10/h3-6,10H,2,7-9H2,1H3,(H,15,16,17). The van der Waals surface area contributed by atoms with Crippen molar-refractivity contribution in [1.29, 1.82) is 0 Å². The SMILES string of the molecule is CCCNc1nc(SC2COC2)c2ccccc2n1. The highest BCUT2D eigenvalue weighted by Gasteiger charge is 2.21. The van der Waals surface area contributed by atoms with Crippen LogP contribution in [0.5, 0.6) is 0 Å². The predicted molar refractivity (Wildman–Crippen MR) is 78.8 cm³/mol. The van der Waals surface area contributed by atoms with Gasteiger partial charge in [0.15, 0.2) is 0 Å². The molecule has 2 aromatic rings. The van der Waals surface area contributed by atoms with E-state index in [1.807, 2.05) is 18.2 Å². The molecule has 2 heterocycles. The summed E-state index contributed by atoms with van der Waals surface area (Å²) in [4.78, 5) is 9.20. The minimum Gasteiger partial charge on any atom is -0.379 e. The first-order valence-corrected chi connectivity index (χ1v) is 7.50. The molecule has 0 atom stereocenters. The third-order valence-corrected chi connectivity index (χ3v) is 4.13. The summed E-state index contributed by atoms with van der Waals surface area (Å²) in [6, 6.07) is 8.17. The number of ether oxygens (including phenoxy) is 1. The molecule has 0 amide bonds. The van der Waals surface area contributed by atoms with E-state index in [4.69, 9.17) is 4.74 Å². The molecule has 19 heavy (non-hydrogen) atoms. The molecule has 0 aliphatic carbocycles. The van der Waals surface area contributed by atoms with E-state index in [1.165, 1.54) is 0 Å². The molecule has 0 saturated carbocycles. The number of hydrogen-bond donors (Lipinski definition) is 1. The van der Waals surface area contributed by atoms with E-state index in [1.54, 1.807) is 11.8 Å². The molecule has 1 aromatic heterocycles. The zero-order valence-electron chi connectivity index (χ0n) is 10.9. The molecule has 5 heteroatoms. The van der Waals surface area contributed by atoms with Gasteiger partial charge in [0, 0.05) is 11.9 Å². The van der Waals surface area contributed by atoms with Crippen LogP contribution in [0, 0.1) is 0 Å². The van der Waals surface area contributed by atoms with Gasteiger partial charge in [0.05, 0.1) is 24.0 Å². The van der Waals surface area contributed by atoms with Crippen molar-refractivity contribution in [2.45, 2.75) is 23.6 Å². The zero-order valence-corrected chi connectivity index (χ0v) is 11.7. The van der Waals surface area contributed by atoms with Gasteiger partial charge in [-0.3, -0.25) is 0 Å². The molecule has 0 bridgehead atoms. The first-order valence-electron chi connectivity index (χ1n) is 6.62. The summed E-state index contributed by atoms with van der Waals surface area (Å²) in [5.41, 5.74) is 0.999. The fourth-order valence-corrected chi connectivity index (χ4v) is 2.98. The van der Waals surface area contributed by atoms with Crippen LogP contribution in [0.3, 0.4) is 0 Å². The van der Waals surface area contributed by atoms with Gasteiger partial charge >= 0.3 is 0 Å². The van der Waals surface area contributed by atoms with Crippen molar-refractivity contribution in [2.24, 2.45) is 0 Å². The zero-order chi connectivity index (χ0) is 13.1. The summed E-state index contributed by atoms with van der Waals surface area (Å²) in [6.07, 6.45) is 1.06. The first kappa shape index (κ1) is 12.7. The molecule has 0 unspecified atom stereocenters. The summed E-state index contributed by atoms with van der Waals surface area (Å²) in [5, 5.41) is 5.97. The van der Waals surface area contributed by atoms with E-state index in [0.717, 1.165) is 48.1 Å². The average Bonchev–Trinajstić information content (AvgIpc) is 2.40. The number of para-hydroxylation sites is 1. The van der Waals surface area contributed by atoms with Gasteiger partial charge < -0.3 is 10.1 Å². The van der Waals surface area contributed by atoms with Crippen molar-refractivity contribution in [3.8, 4) is 0 Å².